The molecule has 0 fully saturated rings. The Morgan fingerprint density at radius 2 is 1.72 bits per heavy atom. The van der Waals surface area contributed by atoms with Crippen LogP contribution in [-0.4, -0.2) is 22.9 Å². The molecule has 6 nitrogen and oxygen atoms in total. The Morgan fingerprint density at radius 3 is 2.45 bits per heavy atom. The molecular formula is C23H23N3O3. The smallest absolute Gasteiger partial charge is 0.256 e. The fourth-order valence-corrected chi connectivity index (χ4v) is 2.77. The summed E-state index contributed by atoms with van der Waals surface area (Å²) in [5.74, 6) is 0.0914. The van der Waals surface area contributed by atoms with E-state index in [2.05, 4.69) is 15.6 Å². The van der Waals surface area contributed by atoms with Gasteiger partial charge in [-0.2, -0.15) is 0 Å². The van der Waals surface area contributed by atoms with Crippen molar-refractivity contribution in [1.29, 1.82) is 0 Å². The monoisotopic (exact) mass is 389 g/mol. The minimum atomic E-state index is -0.276. The number of nitrogens with zero attached hydrogens (tertiary/aromatic N) is 1. The van der Waals surface area contributed by atoms with Gasteiger partial charge in [0.05, 0.1) is 18.0 Å². The van der Waals surface area contributed by atoms with Gasteiger partial charge >= 0.3 is 0 Å². The van der Waals surface area contributed by atoms with E-state index in [1.165, 1.54) is 0 Å². The maximum Gasteiger partial charge on any atom is 0.256 e. The van der Waals surface area contributed by atoms with Crippen molar-refractivity contribution in [2.75, 3.05) is 10.6 Å². The average molecular weight is 389 g/mol. The van der Waals surface area contributed by atoms with E-state index >= 15 is 0 Å². The van der Waals surface area contributed by atoms with Gasteiger partial charge < -0.3 is 15.4 Å². The van der Waals surface area contributed by atoms with Gasteiger partial charge in [-0.05, 0) is 68.8 Å². The summed E-state index contributed by atoms with van der Waals surface area (Å²) in [6.45, 7) is 5.70. The van der Waals surface area contributed by atoms with Crippen molar-refractivity contribution < 1.29 is 14.3 Å². The predicted octanol–water partition coefficient (Wildman–Crippen LogP) is 4.68. The molecule has 1 heterocycles. The molecule has 0 saturated carbocycles. The van der Waals surface area contributed by atoms with Crippen LogP contribution in [0.4, 0.5) is 11.4 Å². The third-order valence-electron chi connectivity index (χ3n) is 4.13. The van der Waals surface area contributed by atoms with Crippen molar-refractivity contribution in [1.82, 2.24) is 4.98 Å². The van der Waals surface area contributed by atoms with Crippen LogP contribution in [0.2, 0.25) is 0 Å². The highest BCUT2D eigenvalue weighted by Crippen LogP contribution is 2.20. The van der Waals surface area contributed by atoms with Gasteiger partial charge in [0.2, 0.25) is 0 Å². The Morgan fingerprint density at radius 1 is 0.931 bits per heavy atom. The predicted molar refractivity (Wildman–Crippen MR) is 114 cm³/mol. The zero-order chi connectivity index (χ0) is 20.8. The Bertz CT molecular complexity index is 1020. The second kappa shape index (κ2) is 9.01. The Hall–Kier alpha value is -3.67. The molecule has 0 radical (unpaired) electrons. The third kappa shape index (κ3) is 5.42. The molecule has 6 heteroatoms. The molecule has 0 aliphatic heterocycles. The number of aromatic nitrogens is 1. The van der Waals surface area contributed by atoms with E-state index in [-0.39, 0.29) is 17.9 Å². The second-order valence-electron chi connectivity index (χ2n) is 6.87. The lowest BCUT2D eigenvalue weighted by Crippen LogP contribution is -2.16. The molecule has 2 N–H and O–H groups in total. The first-order valence-electron chi connectivity index (χ1n) is 9.32. The number of hydrogen-bond donors (Lipinski definition) is 2. The molecule has 29 heavy (non-hydrogen) atoms. The average Bonchev–Trinajstić information content (AvgIpc) is 2.70. The normalized spacial score (nSPS) is 10.5. The maximum absolute atomic E-state index is 12.6. The highest BCUT2D eigenvalue weighted by molar-refractivity contribution is 6.08. The molecule has 148 valence electrons. The summed E-state index contributed by atoms with van der Waals surface area (Å²) in [5, 5.41) is 5.64. The number of pyridine rings is 1. The number of aryl methyl sites for hydroxylation is 1. The summed E-state index contributed by atoms with van der Waals surface area (Å²) in [5.41, 5.74) is 2.89. The summed E-state index contributed by atoms with van der Waals surface area (Å²) in [6, 6.07) is 15.7. The van der Waals surface area contributed by atoms with E-state index in [1.807, 2.05) is 26.8 Å². The number of hydrogen-bond acceptors (Lipinski definition) is 4. The number of carbonyl (C=O) groups is 2. The standard InChI is InChI=1S/C23H23N3O3/c1-15(2)29-20-8-4-6-17(12-20)22(27)25-18-10-9-16(3)21(13-18)23(28)26-19-7-5-11-24-14-19/h4-15H,1-3H3,(H,25,27)(H,26,28). The minimum Gasteiger partial charge on any atom is -0.491 e. The highest BCUT2D eigenvalue weighted by atomic mass is 16.5. The Kier molecular flexibility index (Phi) is 6.24. The molecular weight excluding hydrogens is 366 g/mol. The van der Waals surface area contributed by atoms with E-state index < -0.39 is 0 Å². The lowest BCUT2D eigenvalue weighted by molar-refractivity contribution is 0.101. The molecule has 0 aliphatic carbocycles. The summed E-state index contributed by atoms with van der Waals surface area (Å²) >= 11 is 0. The van der Waals surface area contributed by atoms with Crippen LogP contribution in [0.3, 0.4) is 0 Å². The molecule has 0 atom stereocenters. The Labute approximate surface area is 169 Å². The first kappa shape index (κ1) is 20.1. The number of carbonyl (C=O) groups excluding carboxylic acids is 2. The van der Waals surface area contributed by atoms with Crippen LogP contribution in [0.1, 0.15) is 40.1 Å². The fourth-order valence-electron chi connectivity index (χ4n) is 2.77. The summed E-state index contributed by atoms with van der Waals surface area (Å²) in [4.78, 5) is 29.2. The molecule has 2 aromatic carbocycles. The zero-order valence-electron chi connectivity index (χ0n) is 16.6. The van der Waals surface area contributed by atoms with Crippen molar-refractivity contribution in [2.45, 2.75) is 26.9 Å². The van der Waals surface area contributed by atoms with Gasteiger partial charge in [0.1, 0.15) is 5.75 Å². The topological polar surface area (TPSA) is 80.3 Å². The first-order chi connectivity index (χ1) is 13.9. The number of anilines is 2. The van der Waals surface area contributed by atoms with Gasteiger partial charge in [-0.3, -0.25) is 14.6 Å². The van der Waals surface area contributed by atoms with Gasteiger partial charge in [0, 0.05) is 23.0 Å². The van der Waals surface area contributed by atoms with E-state index in [0.717, 1.165) is 5.56 Å². The molecule has 3 rings (SSSR count). The molecule has 2 amide bonds. The van der Waals surface area contributed by atoms with E-state index in [0.29, 0.717) is 28.3 Å². The second-order valence-corrected chi connectivity index (χ2v) is 6.87. The molecule has 0 bridgehead atoms. The van der Waals surface area contributed by atoms with Crippen molar-refractivity contribution in [3.8, 4) is 5.75 Å². The van der Waals surface area contributed by atoms with Crippen LogP contribution in [0.5, 0.6) is 5.75 Å². The van der Waals surface area contributed by atoms with Crippen molar-refractivity contribution in [3.63, 3.8) is 0 Å². The van der Waals surface area contributed by atoms with E-state index in [9.17, 15) is 9.59 Å². The first-order valence-corrected chi connectivity index (χ1v) is 9.32. The van der Waals surface area contributed by atoms with Crippen LogP contribution in [0.15, 0.2) is 67.0 Å². The number of benzene rings is 2. The van der Waals surface area contributed by atoms with Gasteiger partial charge in [0.25, 0.3) is 11.8 Å². The number of rotatable bonds is 6. The largest absolute Gasteiger partial charge is 0.491 e. The lowest BCUT2D eigenvalue weighted by atomic mass is 10.1. The molecule has 3 aromatic rings. The number of ether oxygens (including phenoxy) is 1. The van der Waals surface area contributed by atoms with Crippen LogP contribution in [0, 0.1) is 6.92 Å². The molecule has 0 saturated heterocycles. The summed E-state index contributed by atoms with van der Waals surface area (Å²) in [7, 11) is 0. The summed E-state index contributed by atoms with van der Waals surface area (Å²) in [6.07, 6.45) is 3.23. The van der Waals surface area contributed by atoms with Crippen molar-refractivity contribution in [2.24, 2.45) is 0 Å². The quantitative estimate of drug-likeness (QED) is 0.641. The van der Waals surface area contributed by atoms with Gasteiger partial charge in [-0.25, -0.2) is 0 Å². The lowest BCUT2D eigenvalue weighted by Gasteiger charge is -2.12. The molecule has 1 aromatic heterocycles. The molecule has 0 spiro atoms. The van der Waals surface area contributed by atoms with Gasteiger partial charge in [0.15, 0.2) is 0 Å². The van der Waals surface area contributed by atoms with Gasteiger partial charge in [-0.15, -0.1) is 0 Å². The van der Waals surface area contributed by atoms with Crippen LogP contribution in [0.25, 0.3) is 0 Å². The van der Waals surface area contributed by atoms with Crippen LogP contribution in [-0.2, 0) is 0 Å². The fraction of sp³-hybridized carbons (Fsp3) is 0.174. The van der Waals surface area contributed by atoms with Crippen molar-refractivity contribution in [3.05, 3.63) is 83.7 Å². The van der Waals surface area contributed by atoms with E-state index in [4.69, 9.17) is 4.74 Å². The number of nitrogens with one attached hydrogen (secondary N) is 2. The SMILES string of the molecule is Cc1ccc(NC(=O)c2cccc(OC(C)C)c2)cc1C(=O)Nc1cccnc1. The van der Waals surface area contributed by atoms with E-state index in [1.54, 1.807) is 60.9 Å². The third-order valence-corrected chi connectivity index (χ3v) is 4.13. The van der Waals surface area contributed by atoms with Crippen molar-refractivity contribution >= 4 is 23.2 Å². The highest BCUT2D eigenvalue weighted by Gasteiger charge is 2.13. The van der Waals surface area contributed by atoms with Crippen LogP contribution < -0.4 is 15.4 Å². The summed E-state index contributed by atoms with van der Waals surface area (Å²) < 4.78 is 5.64. The van der Waals surface area contributed by atoms with Crippen LogP contribution >= 0.6 is 0 Å². The zero-order valence-corrected chi connectivity index (χ0v) is 16.6. The Balaban J connectivity index is 1.76. The molecule has 0 unspecified atom stereocenters. The molecule has 0 aliphatic rings. The minimum absolute atomic E-state index is 0.0197. The van der Waals surface area contributed by atoms with Gasteiger partial charge in [-0.1, -0.05) is 12.1 Å². The maximum atomic E-state index is 12.6. The number of amides is 2.